The van der Waals surface area contributed by atoms with Gasteiger partial charge < -0.3 is 10.1 Å². The van der Waals surface area contributed by atoms with E-state index in [2.05, 4.69) is 23.5 Å². The summed E-state index contributed by atoms with van der Waals surface area (Å²) in [5, 5.41) is 7.60. The Balaban J connectivity index is 1.89. The topological polar surface area (TPSA) is 39.1 Å². The van der Waals surface area contributed by atoms with Crippen LogP contribution in [0.4, 0.5) is 5.69 Å². The van der Waals surface area contributed by atoms with Crippen molar-refractivity contribution in [3.63, 3.8) is 0 Å². The summed E-state index contributed by atoms with van der Waals surface area (Å²) < 4.78 is 7.33. The molecule has 18 heavy (non-hydrogen) atoms. The van der Waals surface area contributed by atoms with E-state index in [1.165, 1.54) is 5.56 Å². The first-order valence-corrected chi connectivity index (χ1v) is 6.30. The molecule has 0 aliphatic carbocycles. The lowest BCUT2D eigenvalue weighted by Gasteiger charge is -2.06. The Bertz CT molecular complexity index is 476. The maximum absolute atomic E-state index is 5.40. The van der Waals surface area contributed by atoms with Gasteiger partial charge in [-0.25, -0.2) is 0 Å². The minimum absolute atomic E-state index is 0.697. The lowest BCUT2D eigenvalue weighted by atomic mass is 10.3. The number of nitrogens with one attached hydrogen (secondary N) is 1. The maximum atomic E-state index is 5.40. The molecule has 1 aromatic heterocycles. The van der Waals surface area contributed by atoms with Crippen molar-refractivity contribution in [2.75, 3.05) is 11.9 Å². The van der Waals surface area contributed by atoms with Gasteiger partial charge in [0.2, 0.25) is 0 Å². The first-order chi connectivity index (χ1) is 8.81. The largest absolute Gasteiger partial charge is 0.494 e. The quantitative estimate of drug-likeness (QED) is 0.850. The van der Waals surface area contributed by atoms with E-state index >= 15 is 0 Å². The van der Waals surface area contributed by atoms with Crippen molar-refractivity contribution in [2.24, 2.45) is 0 Å². The lowest BCUT2D eigenvalue weighted by Crippen LogP contribution is -1.99. The molecular weight excluding hydrogens is 226 g/mol. The van der Waals surface area contributed by atoms with Crippen LogP contribution in [-0.4, -0.2) is 16.4 Å². The molecule has 0 unspecified atom stereocenters. The first-order valence-electron chi connectivity index (χ1n) is 6.30. The number of hydrogen-bond donors (Lipinski definition) is 1. The fraction of sp³-hybridized carbons (Fsp3) is 0.357. The van der Waals surface area contributed by atoms with Gasteiger partial charge in [0, 0.05) is 30.5 Å². The van der Waals surface area contributed by atoms with Crippen LogP contribution in [0.25, 0.3) is 0 Å². The molecule has 0 atom stereocenters. The van der Waals surface area contributed by atoms with Crippen LogP contribution < -0.4 is 10.1 Å². The Labute approximate surface area is 108 Å². The molecule has 0 amide bonds. The van der Waals surface area contributed by atoms with E-state index < -0.39 is 0 Å². The predicted molar refractivity (Wildman–Crippen MR) is 72.8 cm³/mol. The van der Waals surface area contributed by atoms with Gasteiger partial charge in [-0.15, -0.1) is 0 Å². The summed E-state index contributed by atoms with van der Waals surface area (Å²) in [6, 6.07) is 7.99. The second-order valence-electron chi connectivity index (χ2n) is 4.02. The number of nitrogens with zero attached hydrogens (tertiary/aromatic N) is 2. The molecule has 2 aromatic rings. The Kier molecular flexibility index (Phi) is 4.23. The van der Waals surface area contributed by atoms with E-state index in [4.69, 9.17) is 4.74 Å². The number of hydrogen-bond acceptors (Lipinski definition) is 3. The summed E-state index contributed by atoms with van der Waals surface area (Å²) >= 11 is 0. The highest BCUT2D eigenvalue weighted by molar-refractivity contribution is 5.46. The molecular formula is C14H19N3O. The molecule has 0 aliphatic heterocycles. The van der Waals surface area contributed by atoms with Crippen molar-refractivity contribution in [3.8, 4) is 5.75 Å². The van der Waals surface area contributed by atoms with Gasteiger partial charge >= 0.3 is 0 Å². The van der Waals surface area contributed by atoms with E-state index in [1.807, 2.05) is 42.1 Å². The molecule has 0 saturated carbocycles. The second kappa shape index (κ2) is 6.10. The molecule has 1 N–H and O–H groups in total. The molecule has 1 aromatic carbocycles. The molecule has 0 bridgehead atoms. The SMILES string of the molecule is CCOc1ccc(NCc2cnn(CC)c2)cc1. The third kappa shape index (κ3) is 3.26. The average Bonchev–Trinajstić information content (AvgIpc) is 2.86. The number of rotatable bonds is 6. The zero-order valence-electron chi connectivity index (χ0n) is 10.9. The number of anilines is 1. The summed E-state index contributed by atoms with van der Waals surface area (Å²) in [7, 11) is 0. The smallest absolute Gasteiger partial charge is 0.119 e. The van der Waals surface area contributed by atoms with Crippen LogP contribution in [0.2, 0.25) is 0 Å². The van der Waals surface area contributed by atoms with E-state index in [0.29, 0.717) is 6.61 Å². The monoisotopic (exact) mass is 245 g/mol. The summed E-state index contributed by atoms with van der Waals surface area (Å²) in [5.41, 5.74) is 2.27. The van der Waals surface area contributed by atoms with Gasteiger partial charge in [-0.3, -0.25) is 4.68 Å². The van der Waals surface area contributed by atoms with Gasteiger partial charge in [0.1, 0.15) is 5.75 Å². The molecule has 1 heterocycles. The van der Waals surface area contributed by atoms with Crippen LogP contribution in [-0.2, 0) is 13.1 Å². The zero-order chi connectivity index (χ0) is 12.8. The minimum atomic E-state index is 0.697. The molecule has 4 nitrogen and oxygen atoms in total. The summed E-state index contributed by atoms with van der Waals surface area (Å²) in [5.74, 6) is 0.904. The molecule has 4 heteroatoms. The van der Waals surface area contributed by atoms with E-state index in [-0.39, 0.29) is 0 Å². The molecule has 0 saturated heterocycles. The van der Waals surface area contributed by atoms with Crippen molar-refractivity contribution < 1.29 is 4.74 Å². The van der Waals surface area contributed by atoms with E-state index in [9.17, 15) is 0 Å². The van der Waals surface area contributed by atoms with E-state index in [0.717, 1.165) is 24.5 Å². The highest BCUT2D eigenvalue weighted by atomic mass is 16.5. The van der Waals surface area contributed by atoms with Gasteiger partial charge in [0.15, 0.2) is 0 Å². The van der Waals surface area contributed by atoms with Crippen molar-refractivity contribution in [1.82, 2.24) is 9.78 Å². The highest BCUT2D eigenvalue weighted by Gasteiger charge is 1.98. The number of aryl methyl sites for hydroxylation is 1. The van der Waals surface area contributed by atoms with Gasteiger partial charge in [0.25, 0.3) is 0 Å². The van der Waals surface area contributed by atoms with Gasteiger partial charge in [-0.05, 0) is 38.1 Å². The van der Waals surface area contributed by atoms with Crippen LogP contribution >= 0.6 is 0 Å². The Morgan fingerprint density at radius 3 is 2.61 bits per heavy atom. The zero-order valence-corrected chi connectivity index (χ0v) is 10.9. The predicted octanol–water partition coefficient (Wildman–Crippen LogP) is 2.91. The van der Waals surface area contributed by atoms with Crippen LogP contribution in [0.3, 0.4) is 0 Å². The first kappa shape index (κ1) is 12.5. The minimum Gasteiger partial charge on any atom is -0.494 e. The summed E-state index contributed by atoms with van der Waals surface area (Å²) in [4.78, 5) is 0. The molecule has 96 valence electrons. The number of benzene rings is 1. The van der Waals surface area contributed by atoms with E-state index in [1.54, 1.807) is 0 Å². The van der Waals surface area contributed by atoms with Crippen LogP contribution in [0.5, 0.6) is 5.75 Å². The fourth-order valence-electron chi connectivity index (χ4n) is 1.71. The fourth-order valence-corrected chi connectivity index (χ4v) is 1.71. The van der Waals surface area contributed by atoms with Gasteiger partial charge in [0.05, 0.1) is 12.8 Å². The standard InChI is InChI=1S/C14H19N3O/c1-3-17-11-12(10-16-17)9-15-13-5-7-14(8-6-13)18-4-2/h5-8,10-11,15H,3-4,9H2,1-2H3. The second-order valence-corrected chi connectivity index (χ2v) is 4.02. The van der Waals surface area contributed by atoms with Crippen molar-refractivity contribution in [1.29, 1.82) is 0 Å². The van der Waals surface area contributed by atoms with Crippen LogP contribution in [0, 0.1) is 0 Å². The Morgan fingerprint density at radius 1 is 1.22 bits per heavy atom. The molecule has 0 radical (unpaired) electrons. The van der Waals surface area contributed by atoms with Gasteiger partial charge in [-0.1, -0.05) is 0 Å². The van der Waals surface area contributed by atoms with Gasteiger partial charge in [-0.2, -0.15) is 5.10 Å². The molecule has 0 aliphatic rings. The Morgan fingerprint density at radius 2 is 2.00 bits per heavy atom. The highest BCUT2D eigenvalue weighted by Crippen LogP contribution is 2.16. The van der Waals surface area contributed by atoms with Crippen molar-refractivity contribution in [3.05, 3.63) is 42.2 Å². The number of ether oxygens (including phenoxy) is 1. The average molecular weight is 245 g/mol. The lowest BCUT2D eigenvalue weighted by molar-refractivity contribution is 0.340. The van der Waals surface area contributed by atoms with Crippen LogP contribution in [0.1, 0.15) is 19.4 Å². The molecule has 0 spiro atoms. The van der Waals surface area contributed by atoms with Crippen molar-refractivity contribution >= 4 is 5.69 Å². The molecule has 2 rings (SSSR count). The van der Waals surface area contributed by atoms with Crippen molar-refractivity contribution in [2.45, 2.75) is 26.9 Å². The van der Waals surface area contributed by atoms with Crippen LogP contribution in [0.15, 0.2) is 36.7 Å². The normalized spacial score (nSPS) is 10.3. The third-order valence-electron chi connectivity index (χ3n) is 2.67. The summed E-state index contributed by atoms with van der Waals surface area (Å²) in [6.45, 7) is 6.45. The number of aromatic nitrogens is 2. The Hall–Kier alpha value is -1.97. The third-order valence-corrected chi connectivity index (χ3v) is 2.67. The maximum Gasteiger partial charge on any atom is 0.119 e. The summed E-state index contributed by atoms with van der Waals surface area (Å²) in [6.07, 6.45) is 3.95. The molecule has 0 fully saturated rings.